The molecule has 4 rings (SSSR count). The van der Waals surface area contributed by atoms with Crippen LogP contribution in [0.5, 0.6) is 0 Å². The number of H-pyrrole nitrogens is 1. The average Bonchev–Trinajstić information content (AvgIpc) is 3.32. The first-order chi connectivity index (χ1) is 13.8. The smallest absolute Gasteiger partial charge is 0.305 e. The fourth-order valence-electron chi connectivity index (χ4n) is 3.76. The van der Waals surface area contributed by atoms with Crippen LogP contribution in [0.3, 0.4) is 0 Å². The zero-order valence-corrected chi connectivity index (χ0v) is 16.0. The number of aromatic nitrogens is 4. The Kier molecular flexibility index (Phi) is 5.02. The third kappa shape index (κ3) is 3.48. The highest BCUT2D eigenvalue weighted by atomic mass is 16.8. The second-order valence-corrected chi connectivity index (χ2v) is 7.13. The summed E-state index contributed by atoms with van der Waals surface area (Å²) in [5, 5.41) is 9.74. The lowest BCUT2D eigenvalue weighted by Gasteiger charge is -2.27. The zero-order chi connectivity index (χ0) is 20.8. The van der Waals surface area contributed by atoms with Crippen LogP contribution in [0.1, 0.15) is 32.9 Å². The van der Waals surface area contributed by atoms with E-state index in [0.717, 1.165) is 0 Å². The molecule has 0 radical (unpaired) electrons. The van der Waals surface area contributed by atoms with Crippen molar-refractivity contribution in [1.29, 1.82) is 0 Å². The molecule has 0 aliphatic carbocycles. The summed E-state index contributed by atoms with van der Waals surface area (Å²) in [4.78, 5) is 34.4. The van der Waals surface area contributed by atoms with Crippen molar-refractivity contribution in [2.75, 3.05) is 18.9 Å². The lowest BCUT2D eigenvalue weighted by Crippen LogP contribution is -2.34. The molecule has 4 heterocycles. The molecular weight excluding hydrogens is 386 g/mol. The Labute approximate surface area is 164 Å². The van der Waals surface area contributed by atoms with Gasteiger partial charge in [0, 0.05) is 6.42 Å². The monoisotopic (exact) mass is 409 g/mol. The van der Waals surface area contributed by atoms with Crippen LogP contribution in [0.25, 0.3) is 11.2 Å². The molecule has 2 saturated heterocycles. The van der Waals surface area contributed by atoms with Gasteiger partial charge in [0.15, 0.2) is 23.2 Å². The molecule has 2 fully saturated rings. The second kappa shape index (κ2) is 7.37. The van der Waals surface area contributed by atoms with Crippen LogP contribution >= 0.6 is 0 Å². The number of ether oxygens (including phenoxy) is 4. The van der Waals surface area contributed by atoms with Gasteiger partial charge in [-0.2, -0.15) is 4.98 Å². The van der Waals surface area contributed by atoms with E-state index in [1.807, 2.05) is 0 Å². The van der Waals surface area contributed by atoms with Gasteiger partial charge in [-0.3, -0.25) is 19.1 Å². The third-order valence-electron chi connectivity index (χ3n) is 5.05. The third-order valence-corrected chi connectivity index (χ3v) is 5.05. The van der Waals surface area contributed by atoms with Gasteiger partial charge in [0.25, 0.3) is 5.56 Å². The van der Waals surface area contributed by atoms with Gasteiger partial charge >= 0.3 is 5.97 Å². The van der Waals surface area contributed by atoms with Crippen molar-refractivity contribution in [3.63, 3.8) is 0 Å². The zero-order valence-electron chi connectivity index (χ0n) is 16.0. The molecule has 0 aromatic carbocycles. The number of aliphatic hydroxyl groups is 1. The van der Waals surface area contributed by atoms with Crippen LogP contribution in [0, 0.1) is 0 Å². The van der Waals surface area contributed by atoms with E-state index >= 15 is 0 Å². The molecule has 5 atom stereocenters. The number of nitrogen functional groups attached to an aromatic ring is 1. The van der Waals surface area contributed by atoms with Gasteiger partial charge in [0.2, 0.25) is 5.95 Å². The Hall–Kier alpha value is -2.54. The Morgan fingerprint density at radius 2 is 2.21 bits per heavy atom. The number of carbonyl (C=O) groups is 1. The van der Waals surface area contributed by atoms with Crippen LogP contribution < -0.4 is 11.3 Å². The summed E-state index contributed by atoms with van der Waals surface area (Å²) < 4.78 is 24.5. The molecule has 4 N–H and O–H groups in total. The van der Waals surface area contributed by atoms with Crippen LogP contribution in [0.15, 0.2) is 11.1 Å². The van der Waals surface area contributed by atoms with Crippen molar-refractivity contribution < 1.29 is 28.8 Å². The first-order valence-electron chi connectivity index (χ1n) is 9.35. The Balaban J connectivity index is 1.61. The van der Waals surface area contributed by atoms with Crippen LogP contribution in [0.4, 0.5) is 5.95 Å². The highest BCUT2D eigenvalue weighted by Gasteiger charge is 2.57. The minimum atomic E-state index is -1.06. The van der Waals surface area contributed by atoms with E-state index in [0.29, 0.717) is 6.61 Å². The summed E-state index contributed by atoms with van der Waals surface area (Å²) in [6.07, 6.45) is -0.787. The number of anilines is 1. The van der Waals surface area contributed by atoms with Gasteiger partial charge in [-0.15, -0.1) is 0 Å². The number of rotatable bonds is 6. The summed E-state index contributed by atoms with van der Waals surface area (Å²) in [5.41, 5.74) is 5.53. The van der Waals surface area contributed by atoms with E-state index < -0.39 is 35.9 Å². The minimum absolute atomic E-state index is 0.0552. The molecule has 0 spiro atoms. The van der Waals surface area contributed by atoms with Gasteiger partial charge < -0.3 is 29.8 Å². The van der Waals surface area contributed by atoms with Crippen molar-refractivity contribution in [3.8, 4) is 0 Å². The number of esters is 1. The van der Waals surface area contributed by atoms with Crippen LogP contribution in [0.2, 0.25) is 0 Å². The molecule has 0 unspecified atom stereocenters. The molecule has 2 aliphatic rings. The molecule has 29 heavy (non-hydrogen) atoms. The first-order valence-corrected chi connectivity index (χ1v) is 9.35. The summed E-state index contributed by atoms with van der Waals surface area (Å²) >= 11 is 0. The lowest BCUT2D eigenvalue weighted by molar-refractivity contribution is -0.214. The normalized spacial score (nSPS) is 31.3. The van der Waals surface area contributed by atoms with E-state index in [2.05, 4.69) is 15.0 Å². The highest BCUT2D eigenvalue weighted by Crippen LogP contribution is 2.45. The van der Waals surface area contributed by atoms with E-state index in [4.69, 9.17) is 24.7 Å². The number of aromatic amines is 1. The van der Waals surface area contributed by atoms with Gasteiger partial charge in [-0.1, -0.05) is 0 Å². The number of imidazole rings is 1. The predicted octanol–water partition coefficient (Wildman–Crippen LogP) is -0.565. The Bertz CT molecular complexity index is 975. The maximum absolute atomic E-state index is 12.0. The molecule has 0 bridgehead atoms. The average molecular weight is 409 g/mol. The number of nitrogens with zero attached hydrogens (tertiary/aromatic N) is 3. The van der Waals surface area contributed by atoms with Crippen molar-refractivity contribution in [2.24, 2.45) is 0 Å². The molecular formula is C17H23N5O7. The minimum Gasteiger partial charge on any atom is -0.466 e. The van der Waals surface area contributed by atoms with Crippen molar-refractivity contribution in [2.45, 2.75) is 57.0 Å². The molecule has 2 aliphatic heterocycles. The molecule has 2 aromatic rings. The summed E-state index contributed by atoms with van der Waals surface area (Å²) in [6, 6.07) is 0. The van der Waals surface area contributed by atoms with Gasteiger partial charge in [0.05, 0.1) is 26.0 Å². The number of nitrogens with two attached hydrogens (primary N) is 1. The molecule has 12 heteroatoms. The highest BCUT2D eigenvalue weighted by molar-refractivity contribution is 5.70. The van der Waals surface area contributed by atoms with E-state index in [9.17, 15) is 14.7 Å². The standard InChI is InChI=1S/C17H23N5O7/c1-3-26-9(24)4-5-17(2)28-11-8(6-23)27-15(12(11)29-17)22-7-19-10-13(22)20-16(18)21-14(10)25/h7-8,11-12,15,23H,3-6H2,1-2H3,(H3,18,20,21,25)/t8-,11-,12-,15-,17+/m1/s1. The maximum atomic E-state index is 12.0. The number of hydrogen-bond acceptors (Lipinski definition) is 10. The fourth-order valence-corrected chi connectivity index (χ4v) is 3.76. The number of nitrogens with one attached hydrogen (secondary N) is 1. The van der Waals surface area contributed by atoms with Crippen molar-refractivity contribution >= 4 is 23.1 Å². The number of fused-ring (bicyclic) bond motifs is 2. The number of aliphatic hydroxyl groups excluding tert-OH is 1. The summed E-state index contributed by atoms with van der Waals surface area (Å²) in [5.74, 6) is -1.46. The molecule has 158 valence electrons. The number of hydrogen-bond donors (Lipinski definition) is 3. The van der Waals surface area contributed by atoms with Crippen LogP contribution in [-0.4, -0.2) is 67.9 Å². The topological polar surface area (TPSA) is 164 Å². The van der Waals surface area contributed by atoms with Gasteiger partial charge in [-0.25, -0.2) is 4.98 Å². The van der Waals surface area contributed by atoms with E-state index in [1.54, 1.807) is 13.8 Å². The largest absolute Gasteiger partial charge is 0.466 e. The van der Waals surface area contributed by atoms with Gasteiger partial charge in [-0.05, 0) is 13.8 Å². The van der Waals surface area contributed by atoms with Crippen molar-refractivity contribution in [3.05, 3.63) is 16.7 Å². The molecule has 0 saturated carbocycles. The van der Waals surface area contributed by atoms with Gasteiger partial charge in [0.1, 0.15) is 18.3 Å². The molecule has 2 aromatic heterocycles. The van der Waals surface area contributed by atoms with E-state index in [-0.39, 0.29) is 42.5 Å². The maximum Gasteiger partial charge on any atom is 0.305 e. The predicted molar refractivity (Wildman–Crippen MR) is 97.6 cm³/mol. The second-order valence-electron chi connectivity index (χ2n) is 7.13. The molecule has 0 amide bonds. The summed E-state index contributed by atoms with van der Waals surface area (Å²) in [6.45, 7) is 3.47. The SMILES string of the molecule is CCOC(=O)CC[C@]1(C)O[C@@H]2[C@H](O1)[C@@H](CO)O[C@H]2n1cnc2c(=O)[nH]c(N)nc21. The first kappa shape index (κ1) is 19.8. The number of carbonyl (C=O) groups excluding carboxylic acids is 1. The lowest BCUT2D eigenvalue weighted by atomic mass is 10.1. The Morgan fingerprint density at radius 3 is 2.93 bits per heavy atom. The van der Waals surface area contributed by atoms with Crippen LogP contribution in [-0.2, 0) is 23.7 Å². The Morgan fingerprint density at radius 1 is 1.45 bits per heavy atom. The fraction of sp³-hybridized carbons (Fsp3) is 0.647. The summed E-state index contributed by atoms with van der Waals surface area (Å²) in [7, 11) is 0. The van der Waals surface area contributed by atoms with E-state index in [1.165, 1.54) is 10.9 Å². The quantitative estimate of drug-likeness (QED) is 0.527. The van der Waals surface area contributed by atoms with Crippen molar-refractivity contribution in [1.82, 2.24) is 19.5 Å². The molecule has 12 nitrogen and oxygen atoms in total.